The first-order chi connectivity index (χ1) is 66.0. The summed E-state index contributed by atoms with van der Waals surface area (Å²) in [6, 6.07) is 151. The van der Waals surface area contributed by atoms with Gasteiger partial charge in [0.15, 0.2) is 0 Å². The lowest BCUT2D eigenvalue weighted by atomic mass is 9.78. The van der Waals surface area contributed by atoms with Crippen molar-refractivity contribution in [3.8, 4) is 33.4 Å². The Kier molecular flexibility index (Phi) is 24.8. The molecule has 670 valence electrons. The maximum absolute atomic E-state index is 6.33. The Morgan fingerprint density at radius 1 is 0.234 bits per heavy atom. The minimum absolute atomic E-state index is 0. The van der Waals surface area contributed by atoms with Gasteiger partial charge in [-0.3, -0.25) is 0 Å². The monoisotopic (exact) mass is 1870 g/mol. The third-order valence-corrected chi connectivity index (χ3v) is 29.6. The van der Waals surface area contributed by atoms with Gasteiger partial charge < -0.3 is 28.9 Å². The summed E-state index contributed by atoms with van der Waals surface area (Å²) in [7, 11) is -0.338. The Hall–Kier alpha value is -14.5. The summed E-state index contributed by atoms with van der Waals surface area (Å²) in [5.74, 6) is 0. The first-order valence-electron chi connectivity index (χ1n) is 46.8. The lowest BCUT2D eigenvalue weighted by molar-refractivity contribution is 0.00578. The molecule has 1 aliphatic heterocycles. The summed E-state index contributed by atoms with van der Waals surface area (Å²) in [5.41, 5.74) is 31.1. The van der Waals surface area contributed by atoms with Gasteiger partial charge in [0, 0.05) is 112 Å². The summed E-state index contributed by atoms with van der Waals surface area (Å²) in [6.07, 6.45) is 0. The first-order valence-corrected chi connectivity index (χ1v) is 49.2. The molecular weight excluding hydrogens is 1770 g/mol. The van der Waals surface area contributed by atoms with Crippen LogP contribution in [-0.2, 0) is 9.31 Å². The van der Waals surface area contributed by atoms with Crippen LogP contribution < -0.4 is 25.1 Å². The molecule has 10 heteroatoms. The zero-order chi connectivity index (χ0) is 93.2. The molecule has 0 aliphatic carbocycles. The van der Waals surface area contributed by atoms with E-state index in [2.05, 4.69) is 531 Å². The number of hydrogen-bond acceptors (Lipinski definition) is 8. The lowest BCUT2D eigenvalue weighted by Gasteiger charge is -2.32. The second kappa shape index (κ2) is 37.7. The Morgan fingerprint density at radius 3 is 0.891 bits per heavy atom. The lowest BCUT2D eigenvalue weighted by Crippen LogP contribution is -2.41. The Balaban J connectivity index is 0.000000136. The molecule has 1 fully saturated rings. The summed E-state index contributed by atoms with van der Waals surface area (Å²) in [5, 5.41) is 14.7. The van der Waals surface area contributed by atoms with Crippen LogP contribution in [0.3, 0.4) is 0 Å². The molecule has 3 heterocycles. The van der Waals surface area contributed by atoms with Crippen LogP contribution in [0, 0.1) is 55.4 Å². The van der Waals surface area contributed by atoms with Gasteiger partial charge in [-0.15, -0.1) is 22.7 Å². The van der Waals surface area contributed by atoms with Gasteiger partial charge in [0.25, 0.3) is 0 Å². The smallest absolute Gasteiger partial charge is 0.399 e. The van der Waals surface area contributed by atoms with Crippen molar-refractivity contribution in [1.29, 1.82) is 0 Å². The van der Waals surface area contributed by atoms with Gasteiger partial charge in [0.2, 0.25) is 0 Å². The fourth-order valence-electron chi connectivity index (χ4n) is 20.1. The van der Waals surface area contributed by atoms with Crippen molar-refractivity contribution in [1.82, 2.24) is 0 Å². The molecule has 6 nitrogen and oxygen atoms in total. The van der Waals surface area contributed by atoms with E-state index in [1.165, 1.54) is 156 Å². The second-order valence-electron chi connectivity index (χ2n) is 37.5. The van der Waals surface area contributed by atoms with Crippen LogP contribution in [-0.4, -0.2) is 18.3 Å². The molecule has 1 saturated heterocycles. The maximum atomic E-state index is 6.33. The topological polar surface area (TPSA) is 31.4 Å². The number of benzene rings is 20. The van der Waals surface area contributed by atoms with E-state index in [4.69, 9.17) is 9.31 Å². The van der Waals surface area contributed by atoms with Crippen LogP contribution in [0.5, 0.6) is 0 Å². The Labute approximate surface area is 821 Å². The number of halogens is 1. The highest BCUT2D eigenvalue weighted by atomic mass is 79.9. The van der Waals surface area contributed by atoms with Crippen LogP contribution in [0.4, 0.5) is 68.2 Å². The molecule has 137 heavy (non-hydrogen) atoms. The van der Waals surface area contributed by atoms with E-state index in [0.717, 1.165) is 83.7 Å². The van der Waals surface area contributed by atoms with E-state index >= 15 is 0 Å². The largest absolute Gasteiger partial charge is 0.496 e. The van der Waals surface area contributed by atoms with Gasteiger partial charge in [-0.05, 0) is 309 Å². The minimum Gasteiger partial charge on any atom is -0.399 e. The molecule has 20 aromatic carbocycles. The SMILES string of the molecule is C.CC1(C)OB(c2cccc3c2sc2cc(-c4ccccc4)ccc23)OC1(C)C.Cc1cc(C)cc(N(c2cc(C)cc(C)c2)c2cc(-c3cccc4c3sc3cc(-c5ccccc5)ccc34)cc(N(c3cccc4ccccc34)c3cccc4ccccc34)c2)c1.Cc1cc(C)cc(N(c2cc(C)cc(C)c2)c2cc(Br)cc(N(c3cccc4ccccc34)c3cccc4ccccc34)c2)c1. The third kappa shape index (κ3) is 18.0. The number of nitrogens with zero attached hydrogens (tertiary/aromatic N) is 4. The quantitative estimate of drug-likeness (QED) is 0.0897. The molecule has 0 saturated carbocycles. The van der Waals surface area contributed by atoms with Crippen LogP contribution in [0.1, 0.15) is 79.6 Å². The van der Waals surface area contributed by atoms with Gasteiger partial charge in [-0.25, -0.2) is 0 Å². The van der Waals surface area contributed by atoms with E-state index in [1.54, 1.807) is 0 Å². The summed E-state index contributed by atoms with van der Waals surface area (Å²) in [4.78, 5) is 9.77. The molecular formula is C127H108BBrN4O2S2. The molecule has 0 amide bonds. The van der Waals surface area contributed by atoms with Crippen LogP contribution in [0.15, 0.2) is 417 Å². The first kappa shape index (κ1) is 90.4. The molecule has 0 unspecified atom stereocenters. The van der Waals surface area contributed by atoms with Crippen LogP contribution in [0.25, 0.3) is 117 Å². The van der Waals surface area contributed by atoms with E-state index in [1.807, 2.05) is 22.7 Å². The maximum Gasteiger partial charge on any atom is 0.496 e. The van der Waals surface area contributed by atoms with E-state index < -0.39 is 0 Å². The van der Waals surface area contributed by atoms with E-state index in [9.17, 15) is 0 Å². The molecule has 1 aliphatic rings. The zero-order valence-electron chi connectivity index (χ0n) is 78.6. The molecule has 0 atom stereocenters. The van der Waals surface area contributed by atoms with Crippen molar-refractivity contribution >= 4 is 203 Å². The molecule has 2 aromatic heterocycles. The van der Waals surface area contributed by atoms with Crippen molar-refractivity contribution < 1.29 is 9.31 Å². The van der Waals surface area contributed by atoms with Gasteiger partial charge in [-0.1, -0.05) is 315 Å². The average Bonchev–Trinajstić information content (AvgIpc) is 1.72. The van der Waals surface area contributed by atoms with Gasteiger partial charge in [-0.2, -0.15) is 0 Å². The highest BCUT2D eigenvalue weighted by Crippen LogP contribution is 2.53. The third-order valence-electron chi connectivity index (χ3n) is 26.8. The fourth-order valence-corrected chi connectivity index (χ4v) is 23.1. The molecule has 23 rings (SSSR count). The van der Waals surface area contributed by atoms with Gasteiger partial charge >= 0.3 is 7.12 Å². The number of rotatable bonds is 16. The summed E-state index contributed by atoms with van der Waals surface area (Å²) < 4.78 is 18.8. The van der Waals surface area contributed by atoms with Crippen LogP contribution in [0.2, 0.25) is 0 Å². The number of fused-ring (bicyclic) bond motifs is 10. The van der Waals surface area contributed by atoms with Crippen molar-refractivity contribution in [3.63, 3.8) is 0 Å². The predicted octanol–water partition coefficient (Wildman–Crippen LogP) is 37.5. The standard InChI is InChI=1S/C60H46N2S.C42H35BrN2.C24H23BO2S.CH4/c1-39-29-40(2)32-48(31-39)61(49-33-41(3)30-42(4)34-49)50-35-47(54-23-14-24-56-55-28-27-46(37-59(55)63-60(54)56)43-15-6-5-7-16-43)36-51(38-50)62(57-25-12-19-44-17-8-10-21-52(44)57)58-26-13-20-45-18-9-11-22-53(45)58;1-28-19-29(2)22-35(21-28)44(36-23-30(3)20-31(4)24-36)37-25-34(43)26-38(27-37)45(41-17-9-13-32-11-5-7-15-39(32)41)42-18-10-14-33-12-6-8-16-40(33)42;1-23(2)24(3,4)27-25(26-23)20-12-8-11-19-18-14-13-17(15-21(18)28-22(19)20)16-9-6-5-7-10-16;/h5-38H,1-4H3;5-27H,1-4H3;5-15H,1-4H3;1H4. The highest BCUT2D eigenvalue weighted by Gasteiger charge is 2.52. The Bertz CT molecular complexity index is 7990. The van der Waals surface area contributed by atoms with Crippen molar-refractivity contribution in [3.05, 3.63) is 461 Å². The zero-order valence-corrected chi connectivity index (χ0v) is 81.9. The minimum atomic E-state index is -0.338. The fraction of sp³-hybridized carbons (Fsp3) is 0.118. The van der Waals surface area contributed by atoms with Crippen molar-refractivity contribution in [2.24, 2.45) is 0 Å². The normalized spacial score (nSPS) is 12.7. The molecule has 0 spiro atoms. The van der Waals surface area contributed by atoms with E-state index in [0.29, 0.717) is 0 Å². The van der Waals surface area contributed by atoms with Gasteiger partial charge in [0.05, 0.1) is 34.0 Å². The van der Waals surface area contributed by atoms with E-state index in [-0.39, 0.29) is 25.7 Å². The summed E-state index contributed by atoms with van der Waals surface area (Å²) >= 11 is 7.66. The molecule has 22 aromatic rings. The average molecular weight is 1880 g/mol. The highest BCUT2D eigenvalue weighted by molar-refractivity contribution is 9.10. The van der Waals surface area contributed by atoms with Crippen LogP contribution >= 0.6 is 38.6 Å². The summed E-state index contributed by atoms with van der Waals surface area (Å²) in [6.45, 7) is 25.9. The molecule has 0 radical (unpaired) electrons. The molecule has 0 N–H and O–H groups in total. The second-order valence-corrected chi connectivity index (χ2v) is 40.5. The number of hydrogen-bond donors (Lipinski definition) is 0. The number of aryl methyl sites for hydroxylation is 8. The number of anilines is 12. The molecule has 0 bridgehead atoms. The van der Waals surface area contributed by atoms with Gasteiger partial charge in [0.1, 0.15) is 0 Å². The predicted molar refractivity (Wildman–Crippen MR) is 598 cm³/mol. The van der Waals surface area contributed by atoms with Crippen molar-refractivity contribution in [2.45, 2.75) is 102 Å². The number of thiophene rings is 2. The Morgan fingerprint density at radius 2 is 0.518 bits per heavy atom. The van der Waals surface area contributed by atoms with Crippen molar-refractivity contribution in [2.75, 3.05) is 19.6 Å².